The summed E-state index contributed by atoms with van der Waals surface area (Å²) in [5.74, 6) is 5.24. The molecule has 0 bridgehead atoms. The number of hydrazine groups is 1. The Balaban J connectivity index is 2.88. The van der Waals surface area contributed by atoms with Crippen molar-refractivity contribution in [1.29, 1.82) is 0 Å². The summed E-state index contributed by atoms with van der Waals surface area (Å²) in [5.41, 5.74) is 3.24. The Hall–Kier alpha value is -2.19. The standard InChI is InChI=1S/C13H21N5O3/c1-4-17(9-13(19)16(2)3)8-10-5-6-11(15-14)12(7-10)18(20)21/h5-7,15H,4,8-9,14H2,1-3H3. The summed E-state index contributed by atoms with van der Waals surface area (Å²) in [6.45, 7) is 3.34. The topological polar surface area (TPSA) is 105 Å². The van der Waals surface area contributed by atoms with E-state index in [2.05, 4.69) is 5.43 Å². The first kappa shape index (κ1) is 16.9. The molecule has 3 N–H and O–H groups in total. The smallest absolute Gasteiger partial charge is 0.293 e. The van der Waals surface area contributed by atoms with Crippen LogP contribution in [0.15, 0.2) is 18.2 Å². The van der Waals surface area contributed by atoms with E-state index in [4.69, 9.17) is 5.84 Å². The van der Waals surface area contributed by atoms with Gasteiger partial charge in [0, 0.05) is 26.7 Å². The van der Waals surface area contributed by atoms with Gasteiger partial charge in [0.1, 0.15) is 5.69 Å². The quantitative estimate of drug-likeness (QED) is 0.438. The van der Waals surface area contributed by atoms with Gasteiger partial charge < -0.3 is 10.3 Å². The van der Waals surface area contributed by atoms with Gasteiger partial charge in [0.2, 0.25) is 5.91 Å². The van der Waals surface area contributed by atoms with Gasteiger partial charge in [-0.1, -0.05) is 13.0 Å². The number of nitrogens with one attached hydrogen (secondary N) is 1. The molecule has 0 aliphatic heterocycles. The summed E-state index contributed by atoms with van der Waals surface area (Å²) < 4.78 is 0. The van der Waals surface area contributed by atoms with Crippen molar-refractivity contribution < 1.29 is 9.72 Å². The first-order valence-electron chi connectivity index (χ1n) is 6.55. The summed E-state index contributed by atoms with van der Waals surface area (Å²) in [6.07, 6.45) is 0. The number of hydrogen-bond acceptors (Lipinski definition) is 6. The fourth-order valence-electron chi connectivity index (χ4n) is 1.82. The van der Waals surface area contributed by atoms with Crippen LogP contribution in [0.5, 0.6) is 0 Å². The second-order valence-electron chi connectivity index (χ2n) is 4.84. The predicted octanol–water partition coefficient (Wildman–Crippen LogP) is 0.791. The molecule has 1 aromatic carbocycles. The van der Waals surface area contributed by atoms with Crippen molar-refractivity contribution >= 4 is 17.3 Å². The van der Waals surface area contributed by atoms with Crippen LogP contribution in [0, 0.1) is 10.1 Å². The van der Waals surface area contributed by atoms with Gasteiger partial charge in [-0.25, -0.2) is 0 Å². The maximum atomic E-state index is 11.7. The van der Waals surface area contributed by atoms with E-state index in [9.17, 15) is 14.9 Å². The third-order valence-corrected chi connectivity index (χ3v) is 3.13. The number of rotatable bonds is 7. The van der Waals surface area contributed by atoms with Gasteiger partial charge in [-0.15, -0.1) is 0 Å². The van der Waals surface area contributed by atoms with Crippen LogP contribution in [0.2, 0.25) is 0 Å². The van der Waals surface area contributed by atoms with Gasteiger partial charge in [0.05, 0.1) is 11.5 Å². The van der Waals surface area contributed by atoms with Crippen molar-refractivity contribution in [3.63, 3.8) is 0 Å². The number of nitro benzene ring substituents is 1. The Labute approximate surface area is 123 Å². The molecule has 0 heterocycles. The summed E-state index contributed by atoms with van der Waals surface area (Å²) in [7, 11) is 3.39. The SMILES string of the molecule is CCN(CC(=O)N(C)C)Cc1ccc(NN)c([N+](=O)[O-])c1. The second-order valence-corrected chi connectivity index (χ2v) is 4.84. The minimum atomic E-state index is -0.486. The van der Waals surface area contributed by atoms with E-state index in [1.165, 1.54) is 11.0 Å². The predicted molar refractivity (Wildman–Crippen MR) is 80.6 cm³/mol. The average Bonchev–Trinajstić information content (AvgIpc) is 2.45. The zero-order chi connectivity index (χ0) is 16.0. The van der Waals surface area contributed by atoms with Crippen molar-refractivity contribution in [1.82, 2.24) is 9.80 Å². The summed E-state index contributed by atoms with van der Waals surface area (Å²) in [4.78, 5) is 25.7. The fourth-order valence-corrected chi connectivity index (χ4v) is 1.82. The molecule has 1 rings (SSSR count). The lowest BCUT2D eigenvalue weighted by Crippen LogP contribution is -2.36. The molecule has 0 saturated heterocycles. The molecule has 0 atom stereocenters. The van der Waals surface area contributed by atoms with Gasteiger partial charge in [-0.2, -0.15) is 0 Å². The Kier molecular flexibility index (Phi) is 6.07. The number of nitrogens with two attached hydrogens (primary N) is 1. The van der Waals surface area contributed by atoms with Crippen molar-refractivity contribution in [2.45, 2.75) is 13.5 Å². The Bertz CT molecular complexity index is 519. The van der Waals surface area contributed by atoms with Crippen molar-refractivity contribution in [2.24, 2.45) is 5.84 Å². The zero-order valence-electron chi connectivity index (χ0n) is 12.5. The molecule has 0 spiro atoms. The number of nitro groups is 1. The highest BCUT2D eigenvalue weighted by molar-refractivity contribution is 5.77. The molecule has 0 aliphatic rings. The average molecular weight is 295 g/mol. The van der Waals surface area contributed by atoms with Crippen LogP contribution in [0.1, 0.15) is 12.5 Å². The number of likely N-dealkylation sites (N-methyl/N-ethyl adjacent to an activating group) is 2. The molecule has 8 heteroatoms. The summed E-state index contributed by atoms with van der Waals surface area (Å²) in [5, 5.41) is 11.0. The van der Waals surface area contributed by atoms with Crippen molar-refractivity contribution in [2.75, 3.05) is 32.6 Å². The first-order chi connectivity index (χ1) is 9.88. The number of benzene rings is 1. The Morgan fingerprint density at radius 1 is 1.43 bits per heavy atom. The molecule has 0 fully saturated rings. The van der Waals surface area contributed by atoms with Gasteiger partial charge in [-0.3, -0.25) is 25.7 Å². The van der Waals surface area contributed by atoms with E-state index in [0.717, 1.165) is 5.56 Å². The molecule has 0 aliphatic carbocycles. The number of hydrogen-bond donors (Lipinski definition) is 2. The Morgan fingerprint density at radius 2 is 2.10 bits per heavy atom. The van der Waals surface area contributed by atoms with Gasteiger partial charge in [0.25, 0.3) is 5.69 Å². The lowest BCUT2D eigenvalue weighted by Gasteiger charge is -2.22. The van der Waals surface area contributed by atoms with Crippen LogP contribution in [0.4, 0.5) is 11.4 Å². The van der Waals surface area contributed by atoms with E-state index < -0.39 is 4.92 Å². The number of anilines is 1. The fraction of sp³-hybridized carbons (Fsp3) is 0.462. The largest absolute Gasteiger partial charge is 0.348 e. The lowest BCUT2D eigenvalue weighted by atomic mass is 10.1. The van der Waals surface area contributed by atoms with E-state index in [1.807, 2.05) is 11.8 Å². The number of carbonyl (C=O) groups excluding carboxylic acids is 1. The monoisotopic (exact) mass is 295 g/mol. The second kappa shape index (κ2) is 7.55. The molecule has 1 amide bonds. The third-order valence-electron chi connectivity index (χ3n) is 3.13. The number of carbonyl (C=O) groups is 1. The minimum absolute atomic E-state index is 0.00778. The lowest BCUT2D eigenvalue weighted by molar-refractivity contribution is -0.384. The molecule has 0 saturated carbocycles. The van der Waals surface area contributed by atoms with E-state index in [1.54, 1.807) is 26.2 Å². The number of nitrogens with zero attached hydrogens (tertiary/aromatic N) is 3. The first-order valence-corrected chi connectivity index (χ1v) is 6.55. The molecule has 21 heavy (non-hydrogen) atoms. The maximum Gasteiger partial charge on any atom is 0.293 e. The molecule has 8 nitrogen and oxygen atoms in total. The Morgan fingerprint density at radius 3 is 2.57 bits per heavy atom. The number of nitrogen functional groups attached to an aromatic ring is 1. The summed E-state index contributed by atoms with van der Waals surface area (Å²) in [6, 6.07) is 4.79. The maximum absolute atomic E-state index is 11.7. The van der Waals surface area contributed by atoms with E-state index in [-0.39, 0.29) is 23.8 Å². The van der Waals surface area contributed by atoms with Crippen LogP contribution in [-0.2, 0) is 11.3 Å². The molecular formula is C13H21N5O3. The van der Waals surface area contributed by atoms with Crippen LogP contribution >= 0.6 is 0 Å². The molecule has 0 aromatic heterocycles. The van der Waals surface area contributed by atoms with Crippen molar-refractivity contribution in [3.05, 3.63) is 33.9 Å². The molecule has 116 valence electrons. The number of amides is 1. The van der Waals surface area contributed by atoms with Crippen LogP contribution in [0.25, 0.3) is 0 Å². The molecule has 0 radical (unpaired) electrons. The molecule has 1 aromatic rings. The molecule has 0 unspecified atom stereocenters. The van der Waals surface area contributed by atoms with Crippen LogP contribution in [0.3, 0.4) is 0 Å². The van der Waals surface area contributed by atoms with Gasteiger partial charge in [-0.05, 0) is 18.2 Å². The normalized spacial score (nSPS) is 10.5. The van der Waals surface area contributed by atoms with Gasteiger partial charge in [0.15, 0.2) is 0 Å². The summed E-state index contributed by atoms with van der Waals surface area (Å²) >= 11 is 0. The van der Waals surface area contributed by atoms with Crippen molar-refractivity contribution in [3.8, 4) is 0 Å². The highest BCUT2D eigenvalue weighted by Gasteiger charge is 2.16. The van der Waals surface area contributed by atoms with Crippen LogP contribution < -0.4 is 11.3 Å². The van der Waals surface area contributed by atoms with Crippen LogP contribution in [-0.4, -0.2) is 47.8 Å². The third kappa shape index (κ3) is 4.69. The highest BCUT2D eigenvalue weighted by Crippen LogP contribution is 2.25. The minimum Gasteiger partial charge on any atom is -0.348 e. The van der Waals surface area contributed by atoms with Gasteiger partial charge >= 0.3 is 0 Å². The van der Waals surface area contributed by atoms with E-state index >= 15 is 0 Å². The highest BCUT2D eigenvalue weighted by atomic mass is 16.6. The zero-order valence-corrected chi connectivity index (χ0v) is 12.5. The molecular weight excluding hydrogens is 274 g/mol. The van der Waals surface area contributed by atoms with E-state index in [0.29, 0.717) is 13.1 Å².